The lowest BCUT2D eigenvalue weighted by Gasteiger charge is -2.09. The number of nitrogens with zero attached hydrogens (tertiary/aromatic N) is 2. The zero-order valence-corrected chi connectivity index (χ0v) is 14.8. The van der Waals surface area contributed by atoms with E-state index in [0.29, 0.717) is 22.8 Å². The quantitative estimate of drug-likeness (QED) is 0.618. The molecular formula is C18H14ClN3O5. The highest BCUT2D eigenvalue weighted by Crippen LogP contribution is 2.21. The number of amides is 1. The molecule has 0 fully saturated rings. The number of hydrogen-bond donors (Lipinski definition) is 3. The zero-order chi connectivity index (χ0) is 19.7. The molecule has 3 rings (SSSR count). The van der Waals surface area contributed by atoms with Gasteiger partial charge in [0.15, 0.2) is 0 Å². The first kappa shape index (κ1) is 18.4. The van der Waals surface area contributed by atoms with Crippen LogP contribution in [0.15, 0.2) is 36.5 Å². The van der Waals surface area contributed by atoms with Crippen molar-refractivity contribution >= 4 is 40.8 Å². The van der Waals surface area contributed by atoms with E-state index in [-0.39, 0.29) is 22.5 Å². The van der Waals surface area contributed by atoms with Crippen LogP contribution in [0.1, 0.15) is 43.8 Å². The number of aryl methyl sites for hydroxylation is 1. The predicted octanol–water partition coefficient (Wildman–Crippen LogP) is 3.20. The van der Waals surface area contributed by atoms with E-state index in [1.807, 2.05) is 6.92 Å². The second-order valence-corrected chi connectivity index (χ2v) is 6.13. The third-order valence-corrected chi connectivity index (χ3v) is 4.13. The molecule has 0 radical (unpaired) electrons. The van der Waals surface area contributed by atoms with Crippen molar-refractivity contribution in [2.45, 2.75) is 13.3 Å². The summed E-state index contributed by atoms with van der Waals surface area (Å²) in [6.07, 6.45) is 2.09. The Kier molecular flexibility index (Phi) is 4.83. The molecule has 1 amide bonds. The maximum atomic E-state index is 12.8. The zero-order valence-electron chi connectivity index (χ0n) is 14.1. The molecule has 0 aliphatic heterocycles. The molecule has 9 heteroatoms. The molecule has 3 aromatic rings. The number of rotatable bonds is 5. The molecule has 0 aliphatic carbocycles. The van der Waals surface area contributed by atoms with Gasteiger partial charge in [-0.3, -0.25) is 9.20 Å². The number of hydrogen-bond acceptors (Lipinski definition) is 4. The predicted molar refractivity (Wildman–Crippen MR) is 97.9 cm³/mol. The maximum Gasteiger partial charge on any atom is 0.335 e. The van der Waals surface area contributed by atoms with Gasteiger partial charge in [0.2, 0.25) is 0 Å². The standard InChI is InChI=1S/C18H14ClN3O5/c1-2-13-15(22-4-3-11(19)8-14(22)21-13)16(23)20-12-6-9(17(24)25)5-10(7-12)18(26)27/h3-8H,2H2,1H3,(H,20,23)(H,24,25)(H,26,27). The highest BCUT2D eigenvalue weighted by atomic mass is 35.5. The van der Waals surface area contributed by atoms with Gasteiger partial charge in [0.05, 0.1) is 16.8 Å². The van der Waals surface area contributed by atoms with Gasteiger partial charge in [-0.2, -0.15) is 0 Å². The lowest BCUT2D eigenvalue weighted by Crippen LogP contribution is -2.17. The first-order valence-corrected chi connectivity index (χ1v) is 8.27. The molecule has 0 atom stereocenters. The number of imidazole rings is 1. The number of carbonyl (C=O) groups excluding carboxylic acids is 1. The summed E-state index contributed by atoms with van der Waals surface area (Å²) in [5.74, 6) is -3.14. The summed E-state index contributed by atoms with van der Waals surface area (Å²) in [5, 5.41) is 21.3. The van der Waals surface area contributed by atoms with Gasteiger partial charge < -0.3 is 15.5 Å². The van der Waals surface area contributed by atoms with Crippen molar-refractivity contribution in [1.82, 2.24) is 9.38 Å². The van der Waals surface area contributed by atoms with E-state index in [1.54, 1.807) is 22.7 Å². The van der Waals surface area contributed by atoms with E-state index in [0.717, 1.165) is 6.07 Å². The first-order chi connectivity index (χ1) is 12.8. The molecule has 0 spiro atoms. The number of nitrogens with one attached hydrogen (secondary N) is 1. The number of carbonyl (C=O) groups is 3. The Labute approximate surface area is 158 Å². The molecule has 3 N–H and O–H groups in total. The largest absolute Gasteiger partial charge is 0.478 e. The summed E-state index contributed by atoms with van der Waals surface area (Å²) in [6.45, 7) is 1.84. The highest BCUT2D eigenvalue weighted by molar-refractivity contribution is 6.30. The van der Waals surface area contributed by atoms with E-state index in [9.17, 15) is 14.4 Å². The second-order valence-electron chi connectivity index (χ2n) is 5.70. The van der Waals surface area contributed by atoms with Gasteiger partial charge in [0.25, 0.3) is 5.91 Å². The van der Waals surface area contributed by atoms with E-state index >= 15 is 0 Å². The van der Waals surface area contributed by atoms with Crippen LogP contribution in [-0.4, -0.2) is 37.4 Å². The molecule has 8 nitrogen and oxygen atoms in total. The highest BCUT2D eigenvalue weighted by Gasteiger charge is 2.20. The number of carboxylic acid groups (broad SMARTS) is 2. The SMILES string of the molecule is CCc1nc2cc(Cl)ccn2c1C(=O)Nc1cc(C(=O)O)cc(C(=O)O)c1. The van der Waals surface area contributed by atoms with Crippen LogP contribution in [0.4, 0.5) is 5.69 Å². The molecule has 0 bridgehead atoms. The van der Waals surface area contributed by atoms with Crippen molar-refractivity contribution in [3.05, 3.63) is 64.1 Å². The number of aromatic nitrogens is 2. The molecule has 0 saturated carbocycles. The molecule has 1 aromatic carbocycles. The number of benzene rings is 1. The van der Waals surface area contributed by atoms with Crippen LogP contribution in [0.25, 0.3) is 5.65 Å². The van der Waals surface area contributed by atoms with E-state index in [2.05, 4.69) is 10.3 Å². The van der Waals surface area contributed by atoms with Gasteiger partial charge >= 0.3 is 11.9 Å². The molecule has 0 saturated heterocycles. The minimum Gasteiger partial charge on any atom is -0.478 e. The summed E-state index contributed by atoms with van der Waals surface area (Å²) in [7, 11) is 0. The second kappa shape index (κ2) is 7.08. The summed E-state index contributed by atoms with van der Waals surface area (Å²) in [4.78, 5) is 39.6. The fourth-order valence-corrected chi connectivity index (χ4v) is 2.85. The fraction of sp³-hybridized carbons (Fsp3) is 0.111. The van der Waals surface area contributed by atoms with Crippen molar-refractivity contribution in [3.63, 3.8) is 0 Å². The topological polar surface area (TPSA) is 121 Å². The van der Waals surface area contributed by atoms with E-state index < -0.39 is 17.8 Å². The lowest BCUT2D eigenvalue weighted by molar-refractivity contribution is 0.0696. The van der Waals surface area contributed by atoms with Crippen LogP contribution >= 0.6 is 11.6 Å². The van der Waals surface area contributed by atoms with Crippen LogP contribution in [0.5, 0.6) is 0 Å². The molecule has 138 valence electrons. The minimum absolute atomic E-state index is 0.0586. The number of halogens is 1. The molecule has 0 unspecified atom stereocenters. The third-order valence-electron chi connectivity index (χ3n) is 3.90. The Bertz CT molecular complexity index is 1060. The summed E-state index contributed by atoms with van der Waals surface area (Å²) >= 11 is 5.96. The Morgan fingerprint density at radius 3 is 2.30 bits per heavy atom. The summed E-state index contributed by atoms with van der Waals surface area (Å²) in [6, 6.07) is 6.63. The molecule has 2 heterocycles. The van der Waals surface area contributed by atoms with Crippen LogP contribution in [-0.2, 0) is 6.42 Å². The van der Waals surface area contributed by atoms with Crippen molar-refractivity contribution in [2.75, 3.05) is 5.32 Å². The molecule has 0 aliphatic rings. The van der Waals surface area contributed by atoms with Crippen LogP contribution in [0.3, 0.4) is 0 Å². The smallest absolute Gasteiger partial charge is 0.335 e. The Morgan fingerprint density at radius 2 is 1.74 bits per heavy atom. The minimum atomic E-state index is -1.30. The fourth-order valence-electron chi connectivity index (χ4n) is 2.69. The van der Waals surface area contributed by atoms with Gasteiger partial charge in [-0.25, -0.2) is 14.6 Å². The monoisotopic (exact) mass is 387 g/mol. The number of pyridine rings is 1. The van der Waals surface area contributed by atoms with Gasteiger partial charge in [-0.1, -0.05) is 18.5 Å². The Balaban J connectivity index is 2.04. The van der Waals surface area contributed by atoms with Crippen LogP contribution < -0.4 is 5.32 Å². The van der Waals surface area contributed by atoms with Crippen molar-refractivity contribution in [2.24, 2.45) is 0 Å². The normalized spacial score (nSPS) is 10.7. The van der Waals surface area contributed by atoms with E-state index in [1.165, 1.54) is 12.1 Å². The number of aromatic carboxylic acids is 2. The molecule has 2 aromatic heterocycles. The van der Waals surface area contributed by atoms with Crippen LogP contribution in [0, 0.1) is 0 Å². The maximum absolute atomic E-state index is 12.8. The third kappa shape index (κ3) is 3.61. The van der Waals surface area contributed by atoms with Crippen molar-refractivity contribution in [3.8, 4) is 0 Å². The van der Waals surface area contributed by atoms with Gasteiger partial charge in [-0.15, -0.1) is 0 Å². The van der Waals surface area contributed by atoms with Crippen molar-refractivity contribution in [1.29, 1.82) is 0 Å². The number of carboxylic acids is 2. The number of anilines is 1. The van der Waals surface area contributed by atoms with Gasteiger partial charge in [0.1, 0.15) is 11.3 Å². The summed E-state index contributed by atoms with van der Waals surface area (Å²) in [5.41, 5.74) is 0.860. The Hall–Kier alpha value is -3.39. The molecule has 27 heavy (non-hydrogen) atoms. The van der Waals surface area contributed by atoms with Gasteiger partial charge in [0, 0.05) is 23.0 Å². The number of fused-ring (bicyclic) bond motifs is 1. The molecular weight excluding hydrogens is 374 g/mol. The average Bonchev–Trinajstić information content (AvgIpc) is 2.98. The lowest BCUT2D eigenvalue weighted by atomic mass is 10.1. The average molecular weight is 388 g/mol. The van der Waals surface area contributed by atoms with Crippen LogP contribution in [0.2, 0.25) is 5.02 Å². The Morgan fingerprint density at radius 1 is 1.11 bits per heavy atom. The van der Waals surface area contributed by atoms with E-state index in [4.69, 9.17) is 21.8 Å². The van der Waals surface area contributed by atoms with Crippen molar-refractivity contribution < 1.29 is 24.6 Å². The van der Waals surface area contributed by atoms with Gasteiger partial charge in [-0.05, 0) is 30.7 Å². The summed E-state index contributed by atoms with van der Waals surface area (Å²) < 4.78 is 1.57. The first-order valence-electron chi connectivity index (χ1n) is 7.89.